The van der Waals surface area contributed by atoms with Gasteiger partial charge in [-0.15, -0.1) is 0 Å². The highest BCUT2D eigenvalue weighted by molar-refractivity contribution is 5.27. The Bertz CT molecular complexity index is 833. The zero-order valence-electron chi connectivity index (χ0n) is 19.3. The molecule has 0 radical (unpaired) electrons. The van der Waals surface area contributed by atoms with Crippen LogP contribution in [0.1, 0.15) is 30.9 Å². The van der Waals surface area contributed by atoms with Crippen molar-refractivity contribution in [3.63, 3.8) is 0 Å². The molecule has 5 nitrogen and oxygen atoms in total. The van der Waals surface area contributed by atoms with E-state index in [2.05, 4.69) is 28.7 Å². The number of nitrogens with zero attached hydrogens (tertiary/aromatic N) is 2. The summed E-state index contributed by atoms with van der Waals surface area (Å²) >= 11 is 0. The summed E-state index contributed by atoms with van der Waals surface area (Å²) in [6.45, 7) is 10.4. The summed E-state index contributed by atoms with van der Waals surface area (Å²) in [5.41, 5.74) is 2.21. The number of hydrogen-bond donors (Lipinski definition) is 2. The molecule has 1 unspecified atom stereocenters. The van der Waals surface area contributed by atoms with E-state index in [1.807, 2.05) is 43.3 Å². The standard InChI is InChI=1S/C26H36FN3O2/c1-20(18-31)19-32-26-10-6-22(7-11-26)16-28-21(2)30(25-12-14-29(3)15-13-25)17-23-4-8-24(27)9-5-23/h4-11,20,25,28,31H,2,12-19H2,1,3H3. The van der Waals surface area contributed by atoms with Crippen molar-refractivity contribution in [1.82, 2.24) is 15.1 Å². The van der Waals surface area contributed by atoms with Gasteiger partial charge in [-0.25, -0.2) is 4.39 Å². The van der Waals surface area contributed by atoms with E-state index in [0.717, 1.165) is 48.6 Å². The van der Waals surface area contributed by atoms with Crippen molar-refractivity contribution in [3.8, 4) is 5.75 Å². The van der Waals surface area contributed by atoms with Crippen molar-refractivity contribution >= 4 is 0 Å². The lowest BCUT2D eigenvalue weighted by Gasteiger charge is -2.40. The van der Waals surface area contributed by atoms with Crippen LogP contribution in [0.15, 0.2) is 60.9 Å². The molecule has 1 fully saturated rings. The SMILES string of the molecule is C=C(NCc1ccc(OCC(C)CO)cc1)N(Cc1ccc(F)cc1)C1CCN(C)CC1. The maximum Gasteiger partial charge on any atom is 0.123 e. The average Bonchev–Trinajstić information content (AvgIpc) is 2.82. The summed E-state index contributed by atoms with van der Waals surface area (Å²) in [5.74, 6) is 1.60. The molecule has 1 saturated heterocycles. The van der Waals surface area contributed by atoms with Crippen LogP contribution in [0.5, 0.6) is 5.75 Å². The van der Waals surface area contributed by atoms with E-state index in [0.29, 0.717) is 25.7 Å². The number of aliphatic hydroxyl groups excluding tert-OH is 1. The van der Waals surface area contributed by atoms with E-state index in [-0.39, 0.29) is 18.3 Å². The molecule has 0 aromatic heterocycles. The number of benzene rings is 2. The molecule has 1 heterocycles. The number of halogens is 1. The summed E-state index contributed by atoms with van der Waals surface area (Å²) in [6, 6.07) is 15.1. The Morgan fingerprint density at radius 2 is 1.78 bits per heavy atom. The lowest BCUT2D eigenvalue weighted by molar-refractivity contribution is 0.138. The summed E-state index contributed by atoms with van der Waals surface area (Å²) in [6.07, 6.45) is 2.16. The second kappa shape index (κ2) is 11.9. The van der Waals surface area contributed by atoms with Crippen LogP contribution in [0, 0.1) is 11.7 Å². The van der Waals surface area contributed by atoms with E-state index >= 15 is 0 Å². The zero-order chi connectivity index (χ0) is 22.9. The van der Waals surface area contributed by atoms with Gasteiger partial charge in [0.25, 0.3) is 0 Å². The molecular formula is C26H36FN3O2. The fourth-order valence-electron chi connectivity index (χ4n) is 3.84. The van der Waals surface area contributed by atoms with Crippen LogP contribution in [-0.2, 0) is 13.1 Å². The number of nitrogens with one attached hydrogen (secondary N) is 1. The topological polar surface area (TPSA) is 48.0 Å². The highest BCUT2D eigenvalue weighted by atomic mass is 19.1. The quantitative estimate of drug-likeness (QED) is 0.552. The third-order valence-electron chi connectivity index (χ3n) is 6.01. The fourth-order valence-corrected chi connectivity index (χ4v) is 3.84. The molecule has 0 amide bonds. The van der Waals surface area contributed by atoms with Gasteiger partial charge in [-0.3, -0.25) is 0 Å². The van der Waals surface area contributed by atoms with Crippen molar-refractivity contribution in [2.45, 2.75) is 38.9 Å². The largest absolute Gasteiger partial charge is 0.493 e. The van der Waals surface area contributed by atoms with Crippen molar-refractivity contribution in [2.75, 3.05) is 33.4 Å². The van der Waals surface area contributed by atoms with E-state index < -0.39 is 0 Å². The van der Waals surface area contributed by atoms with Crippen LogP contribution in [0.2, 0.25) is 0 Å². The molecule has 0 aliphatic carbocycles. The van der Waals surface area contributed by atoms with Gasteiger partial charge in [-0.1, -0.05) is 37.8 Å². The van der Waals surface area contributed by atoms with Crippen LogP contribution in [0.25, 0.3) is 0 Å². The van der Waals surface area contributed by atoms with Crippen molar-refractivity contribution in [1.29, 1.82) is 0 Å². The molecule has 2 N–H and O–H groups in total. The van der Waals surface area contributed by atoms with Gasteiger partial charge in [-0.2, -0.15) is 0 Å². The number of aliphatic hydroxyl groups is 1. The molecule has 2 aromatic rings. The van der Waals surface area contributed by atoms with E-state index in [4.69, 9.17) is 9.84 Å². The smallest absolute Gasteiger partial charge is 0.123 e. The highest BCUT2D eigenvalue weighted by Gasteiger charge is 2.24. The Balaban J connectivity index is 1.59. The second-order valence-electron chi connectivity index (χ2n) is 8.83. The molecular weight excluding hydrogens is 405 g/mol. The minimum atomic E-state index is -0.213. The van der Waals surface area contributed by atoms with E-state index in [1.165, 1.54) is 12.1 Å². The Morgan fingerprint density at radius 1 is 1.16 bits per heavy atom. The minimum absolute atomic E-state index is 0.117. The monoisotopic (exact) mass is 441 g/mol. The molecule has 1 aliphatic heterocycles. The van der Waals surface area contributed by atoms with Gasteiger partial charge in [-0.05, 0) is 68.4 Å². The molecule has 3 rings (SSSR count). The van der Waals surface area contributed by atoms with Gasteiger partial charge in [0.1, 0.15) is 11.6 Å². The van der Waals surface area contributed by atoms with Gasteiger partial charge in [0.15, 0.2) is 0 Å². The molecule has 1 aliphatic rings. The Kier molecular flexibility index (Phi) is 8.94. The number of ether oxygens (including phenoxy) is 1. The molecule has 0 spiro atoms. The summed E-state index contributed by atoms with van der Waals surface area (Å²) in [7, 11) is 2.16. The van der Waals surface area contributed by atoms with Gasteiger partial charge in [0.05, 0.1) is 12.4 Å². The number of piperidine rings is 1. The van der Waals surface area contributed by atoms with Gasteiger partial charge >= 0.3 is 0 Å². The van der Waals surface area contributed by atoms with Crippen LogP contribution in [0.3, 0.4) is 0 Å². The number of hydrogen-bond acceptors (Lipinski definition) is 5. The molecule has 0 saturated carbocycles. The van der Waals surface area contributed by atoms with E-state index in [9.17, 15) is 4.39 Å². The summed E-state index contributed by atoms with van der Waals surface area (Å²) in [4.78, 5) is 4.68. The predicted octanol–water partition coefficient (Wildman–Crippen LogP) is 3.99. The Labute approximate surface area is 191 Å². The normalized spacial score (nSPS) is 15.9. The predicted molar refractivity (Wildman–Crippen MR) is 127 cm³/mol. The molecule has 174 valence electrons. The summed E-state index contributed by atoms with van der Waals surface area (Å²) < 4.78 is 19.1. The second-order valence-corrected chi connectivity index (χ2v) is 8.83. The first-order valence-electron chi connectivity index (χ1n) is 11.4. The fraction of sp³-hybridized carbons (Fsp3) is 0.462. The number of rotatable bonds is 11. The summed E-state index contributed by atoms with van der Waals surface area (Å²) in [5, 5.41) is 12.6. The zero-order valence-corrected chi connectivity index (χ0v) is 19.3. The Morgan fingerprint density at radius 3 is 2.41 bits per heavy atom. The van der Waals surface area contributed by atoms with Crippen LogP contribution in [0.4, 0.5) is 4.39 Å². The maximum absolute atomic E-state index is 13.4. The molecule has 6 heteroatoms. The first-order valence-corrected chi connectivity index (χ1v) is 11.4. The molecule has 32 heavy (non-hydrogen) atoms. The van der Waals surface area contributed by atoms with Gasteiger partial charge in [0.2, 0.25) is 0 Å². The van der Waals surface area contributed by atoms with Crippen molar-refractivity contribution < 1.29 is 14.2 Å². The highest BCUT2D eigenvalue weighted by Crippen LogP contribution is 2.22. The third kappa shape index (κ3) is 7.24. The minimum Gasteiger partial charge on any atom is -0.493 e. The molecule has 2 aromatic carbocycles. The van der Waals surface area contributed by atoms with Crippen molar-refractivity contribution in [3.05, 3.63) is 77.9 Å². The van der Waals surface area contributed by atoms with E-state index in [1.54, 1.807) is 0 Å². The first-order chi connectivity index (χ1) is 15.4. The third-order valence-corrected chi connectivity index (χ3v) is 6.01. The Hall–Kier alpha value is -2.57. The van der Waals surface area contributed by atoms with Crippen LogP contribution >= 0.6 is 0 Å². The van der Waals surface area contributed by atoms with Gasteiger partial charge < -0.3 is 25.0 Å². The van der Waals surface area contributed by atoms with Crippen LogP contribution in [-0.4, -0.2) is 54.3 Å². The average molecular weight is 442 g/mol. The lowest BCUT2D eigenvalue weighted by atomic mass is 10.0. The molecule has 1 atom stereocenters. The first kappa shape index (κ1) is 24.1. The maximum atomic E-state index is 13.4. The number of likely N-dealkylation sites (tertiary alicyclic amines) is 1. The van der Waals surface area contributed by atoms with Crippen molar-refractivity contribution in [2.24, 2.45) is 5.92 Å². The molecule has 0 bridgehead atoms. The van der Waals surface area contributed by atoms with Gasteiger partial charge in [0, 0.05) is 31.7 Å². The van der Waals surface area contributed by atoms with Crippen LogP contribution < -0.4 is 10.1 Å². The lowest BCUT2D eigenvalue weighted by Crippen LogP contribution is -2.45.